The van der Waals surface area contributed by atoms with Crippen LogP contribution >= 0.6 is 11.6 Å². The van der Waals surface area contributed by atoms with E-state index < -0.39 is 11.9 Å². The summed E-state index contributed by atoms with van der Waals surface area (Å²) >= 11 is 6.00. The van der Waals surface area contributed by atoms with Crippen molar-refractivity contribution in [3.05, 3.63) is 28.8 Å². The second kappa shape index (κ2) is 6.40. The molecule has 1 aromatic carbocycles. The molecule has 0 aromatic heterocycles. The molecule has 0 saturated carbocycles. The smallest absolute Gasteiger partial charge is 0.306 e. The average molecular weight is 271 g/mol. The van der Waals surface area contributed by atoms with Crippen LogP contribution in [-0.4, -0.2) is 26.0 Å². The first-order valence-electron chi connectivity index (χ1n) is 5.44. The van der Waals surface area contributed by atoms with E-state index in [-0.39, 0.29) is 12.2 Å². The number of halogens is 1. The number of hydrogen-bond donors (Lipinski definition) is 0. The highest BCUT2D eigenvalue weighted by atomic mass is 35.5. The number of Topliss-reactive ketones (excluding diaryl/α,β-unsaturated/α-hetero) is 1. The zero-order valence-corrected chi connectivity index (χ0v) is 11.3. The van der Waals surface area contributed by atoms with Crippen LogP contribution < -0.4 is 4.74 Å². The maximum Gasteiger partial charge on any atom is 0.306 e. The summed E-state index contributed by atoms with van der Waals surface area (Å²) in [5.41, 5.74) is 0.304. The fourth-order valence-corrected chi connectivity index (χ4v) is 1.85. The lowest BCUT2D eigenvalue weighted by Gasteiger charge is -2.13. The van der Waals surface area contributed by atoms with Gasteiger partial charge < -0.3 is 9.47 Å². The lowest BCUT2D eigenvalue weighted by molar-refractivity contribution is -0.141. The van der Waals surface area contributed by atoms with Gasteiger partial charge in [0.2, 0.25) is 0 Å². The summed E-state index contributed by atoms with van der Waals surface area (Å²) in [6.45, 7) is 1.65. The van der Waals surface area contributed by atoms with Gasteiger partial charge in [-0.1, -0.05) is 24.6 Å². The number of carbonyl (C=O) groups excluding carboxylic acids is 2. The van der Waals surface area contributed by atoms with Gasteiger partial charge in [-0.25, -0.2) is 0 Å². The molecule has 0 fully saturated rings. The quantitative estimate of drug-likeness (QED) is 0.610. The van der Waals surface area contributed by atoms with Gasteiger partial charge in [-0.15, -0.1) is 0 Å². The summed E-state index contributed by atoms with van der Waals surface area (Å²) in [5, 5.41) is 0.316. The van der Waals surface area contributed by atoms with Crippen molar-refractivity contribution in [2.24, 2.45) is 5.92 Å². The summed E-state index contributed by atoms with van der Waals surface area (Å²) in [4.78, 5) is 23.4. The van der Waals surface area contributed by atoms with E-state index >= 15 is 0 Å². The zero-order chi connectivity index (χ0) is 13.7. The molecule has 1 aromatic rings. The molecule has 0 amide bonds. The van der Waals surface area contributed by atoms with Crippen molar-refractivity contribution in [2.75, 3.05) is 14.2 Å². The van der Waals surface area contributed by atoms with E-state index in [1.807, 2.05) is 0 Å². The molecule has 0 aliphatic carbocycles. The molecule has 5 heteroatoms. The van der Waals surface area contributed by atoms with E-state index in [9.17, 15) is 9.59 Å². The van der Waals surface area contributed by atoms with Crippen LogP contribution in [0.5, 0.6) is 5.75 Å². The molecule has 0 radical (unpaired) electrons. The largest absolute Gasteiger partial charge is 0.496 e. The van der Waals surface area contributed by atoms with Crippen LogP contribution in [0, 0.1) is 5.92 Å². The number of ketones is 1. The molecule has 0 saturated heterocycles. The highest BCUT2D eigenvalue weighted by Gasteiger charge is 2.24. The number of methoxy groups -OCH3 is 2. The molecule has 0 aliphatic rings. The van der Waals surface area contributed by atoms with Crippen LogP contribution in [0.2, 0.25) is 5.02 Å². The number of esters is 1. The molecule has 0 aliphatic heterocycles. The molecule has 1 rings (SSSR count). The molecule has 0 heterocycles. The van der Waals surface area contributed by atoms with Gasteiger partial charge in [0.1, 0.15) is 5.75 Å². The molecule has 1 atom stereocenters. The second-order valence-electron chi connectivity index (χ2n) is 3.86. The van der Waals surface area contributed by atoms with Gasteiger partial charge in [-0.2, -0.15) is 0 Å². The van der Waals surface area contributed by atoms with Gasteiger partial charge in [-0.3, -0.25) is 9.59 Å². The molecule has 18 heavy (non-hydrogen) atoms. The lowest BCUT2D eigenvalue weighted by Crippen LogP contribution is -2.17. The van der Waals surface area contributed by atoms with Crippen molar-refractivity contribution >= 4 is 23.4 Å². The van der Waals surface area contributed by atoms with Crippen molar-refractivity contribution in [1.82, 2.24) is 0 Å². The van der Waals surface area contributed by atoms with Gasteiger partial charge in [0, 0.05) is 5.92 Å². The first-order valence-corrected chi connectivity index (χ1v) is 5.82. The van der Waals surface area contributed by atoms with Gasteiger partial charge >= 0.3 is 5.97 Å². The molecular formula is C13H15ClO4. The topological polar surface area (TPSA) is 52.6 Å². The average Bonchev–Trinajstić information content (AvgIpc) is 2.37. The summed E-state index contributed by atoms with van der Waals surface area (Å²) in [5.74, 6) is -0.764. The molecule has 0 bridgehead atoms. The summed E-state index contributed by atoms with van der Waals surface area (Å²) in [7, 11) is 2.75. The minimum Gasteiger partial charge on any atom is -0.496 e. The Bertz CT molecular complexity index is 456. The number of carbonyl (C=O) groups is 2. The Balaban J connectivity index is 2.99. The highest BCUT2D eigenvalue weighted by Crippen LogP contribution is 2.29. The van der Waals surface area contributed by atoms with Gasteiger partial charge in [0.15, 0.2) is 5.78 Å². The van der Waals surface area contributed by atoms with Crippen molar-refractivity contribution in [1.29, 1.82) is 0 Å². The number of ether oxygens (including phenoxy) is 2. The fourth-order valence-electron chi connectivity index (χ4n) is 1.59. The zero-order valence-electron chi connectivity index (χ0n) is 10.5. The summed E-state index contributed by atoms with van der Waals surface area (Å²) < 4.78 is 9.65. The second-order valence-corrected chi connectivity index (χ2v) is 4.27. The first kappa shape index (κ1) is 14.5. The standard InChI is InChI=1S/C13H15ClO4/c1-8(7-11(15)18-3)13(16)12-9(14)5-4-6-10(12)17-2/h4-6,8H,7H2,1-3H3. The first-order chi connectivity index (χ1) is 8.51. The third-order valence-electron chi connectivity index (χ3n) is 2.59. The molecular weight excluding hydrogens is 256 g/mol. The van der Waals surface area contributed by atoms with Crippen LogP contribution in [0.4, 0.5) is 0 Å². The highest BCUT2D eigenvalue weighted by molar-refractivity contribution is 6.34. The minimum atomic E-state index is -0.508. The third kappa shape index (κ3) is 3.23. The van der Waals surface area contributed by atoms with Crippen LogP contribution in [0.1, 0.15) is 23.7 Å². The number of benzene rings is 1. The number of hydrogen-bond acceptors (Lipinski definition) is 4. The Morgan fingerprint density at radius 1 is 1.33 bits per heavy atom. The normalized spacial score (nSPS) is 11.8. The SMILES string of the molecule is COC(=O)CC(C)C(=O)c1c(Cl)cccc1OC. The Hall–Kier alpha value is -1.55. The number of rotatable bonds is 5. The fraction of sp³-hybridized carbons (Fsp3) is 0.385. The monoisotopic (exact) mass is 270 g/mol. The van der Waals surface area contributed by atoms with Gasteiger partial charge in [0.25, 0.3) is 0 Å². The minimum absolute atomic E-state index is 0.0176. The van der Waals surface area contributed by atoms with E-state index in [4.69, 9.17) is 16.3 Å². The third-order valence-corrected chi connectivity index (χ3v) is 2.90. The van der Waals surface area contributed by atoms with Crippen LogP contribution in [0.25, 0.3) is 0 Å². The molecule has 0 N–H and O–H groups in total. The summed E-state index contributed by atoms with van der Waals surface area (Å²) in [6, 6.07) is 4.97. The van der Waals surface area contributed by atoms with Crippen LogP contribution in [0.15, 0.2) is 18.2 Å². The maximum absolute atomic E-state index is 12.2. The van der Waals surface area contributed by atoms with Gasteiger partial charge in [0.05, 0.1) is 31.2 Å². The molecule has 0 spiro atoms. The molecule has 98 valence electrons. The van der Waals surface area contributed by atoms with E-state index in [1.165, 1.54) is 14.2 Å². The summed E-state index contributed by atoms with van der Waals surface area (Å²) in [6.07, 6.45) is 0.0176. The van der Waals surface area contributed by atoms with E-state index in [0.717, 1.165) is 0 Å². The Morgan fingerprint density at radius 3 is 2.56 bits per heavy atom. The van der Waals surface area contributed by atoms with Crippen molar-refractivity contribution < 1.29 is 19.1 Å². The predicted octanol–water partition coefficient (Wildman–Crippen LogP) is 2.73. The molecule has 1 unspecified atom stereocenters. The Morgan fingerprint density at radius 2 is 2.00 bits per heavy atom. The van der Waals surface area contributed by atoms with Crippen molar-refractivity contribution in [3.63, 3.8) is 0 Å². The van der Waals surface area contributed by atoms with Crippen LogP contribution in [-0.2, 0) is 9.53 Å². The lowest BCUT2D eigenvalue weighted by atomic mass is 9.96. The van der Waals surface area contributed by atoms with E-state index in [2.05, 4.69) is 4.74 Å². The predicted molar refractivity (Wildman–Crippen MR) is 68.1 cm³/mol. The van der Waals surface area contributed by atoms with E-state index in [1.54, 1.807) is 25.1 Å². The van der Waals surface area contributed by atoms with Gasteiger partial charge in [-0.05, 0) is 12.1 Å². The molecule has 4 nitrogen and oxygen atoms in total. The van der Waals surface area contributed by atoms with Crippen LogP contribution in [0.3, 0.4) is 0 Å². The van der Waals surface area contributed by atoms with Crippen molar-refractivity contribution in [3.8, 4) is 5.75 Å². The van der Waals surface area contributed by atoms with Crippen molar-refractivity contribution in [2.45, 2.75) is 13.3 Å². The van der Waals surface area contributed by atoms with E-state index in [0.29, 0.717) is 16.3 Å². The Kier molecular flexibility index (Phi) is 5.16. The Labute approximate surface area is 111 Å². The maximum atomic E-state index is 12.2.